The minimum absolute atomic E-state index is 0.115. The van der Waals surface area contributed by atoms with Gasteiger partial charge in [-0.05, 0) is 35.2 Å². The third-order valence-electron chi connectivity index (χ3n) is 5.29. The van der Waals surface area contributed by atoms with Gasteiger partial charge in [0.2, 0.25) is 11.8 Å². The molecule has 4 nitrogen and oxygen atoms in total. The number of benzene rings is 3. The van der Waals surface area contributed by atoms with Crippen molar-refractivity contribution in [2.75, 3.05) is 6.54 Å². The molecule has 0 aliphatic rings. The standard InChI is InChI=1S/C27H29ClN2O2/c1-2-3-18-29-27(32)26(23-12-8-5-9-13-23)30(20-22-10-6-4-7-11-22)25(31)19-21-14-16-24(28)17-15-21/h4-17,26H,2-3,18-20H2,1H3,(H,29,32)/t26-/m1/s1. The monoisotopic (exact) mass is 448 g/mol. The molecule has 0 bridgehead atoms. The van der Waals surface area contributed by atoms with E-state index in [4.69, 9.17) is 11.6 Å². The fourth-order valence-electron chi connectivity index (χ4n) is 3.58. The third-order valence-corrected chi connectivity index (χ3v) is 5.54. The molecular formula is C27H29ClN2O2. The third kappa shape index (κ3) is 6.69. The molecule has 0 aliphatic carbocycles. The summed E-state index contributed by atoms with van der Waals surface area (Å²) in [7, 11) is 0. The van der Waals surface area contributed by atoms with Crippen molar-refractivity contribution in [1.82, 2.24) is 10.2 Å². The lowest BCUT2D eigenvalue weighted by atomic mass is 10.0. The molecule has 1 atom stereocenters. The van der Waals surface area contributed by atoms with Crippen LogP contribution < -0.4 is 5.32 Å². The number of hydrogen-bond acceptors (Lipinski definition) is 2. The minimum Gasteiger partial charge on any atom is -0.354 e. The summed E-state index contributed by atoms with van der Waals surface area (Å²) in [6, 6.07) is 25.8. The number of unbranched alkanes of at least 4 members (excludes halogenated alkanes) is 1. The molecule has 2 amide bonds. The van der Waals surface area contributed by atoms with Gasteiger partial charge in [-0.2, -0.15) is 0 Å². The largest absolute Gasteiger partial charge is 0.354 e. The molecule has 0 aromatic heterocycles. The summed E-state index contributed by atoms with van der Waals surface area (Å²) in [4.78, 5) is 28.6. The minimum atomic E-state index is -0.715. The molecule has 0 heterocycles. The molecule has 0 unspecified atom stereocenters. The van der Waals surface area contributed by atoms with E-state index in [0.29, 0.717) is 18.1 Å². The first kappa shape index (κ1) is 23.6. The molecule has 0 saturated heterocycles. The van der Waals surface area contributed by atoms with Gasteiger partial charge in [0.15, 0.2) is 0 Å². The first-order valence-corrected chi connectivity index (χ1v) is 11.4. The van der Waals surface area contributed by atoms with Crippen molar-refractivity contribution in [1.29, 1.82) is 0 Å². The fourth-order valence-corrected chi connectivity index (χ4v) is 3.70. The molecule has 32 heavy (non-hydrogen) atoms. The Morgan fingerprint density at radius 3 is 2.12 bits per heavy atom. The fraction of sp³-hybridized carbons (Fsp3) is 0.259. The Morgan fingerprint density at radius 2 is 1.50 bits per heavy atom. The lowest BCUT2D eigenvalue weighted by Crippen LogP contribution is -2.44. The first-order valence-electron chi connectivity index (χ1n) is 11.0. The topological polar surface area (TPSA) is 49.4 Å². The zero-order valence-electron chi connectivity index (χ0n) is 18.3. The summed E-state index contributed by atoms with van der Waals surface area (Å²) in [5.41, 5.74) is 2.62. The van der Waals surface area contributed by atoms with Crippen LogP contribution in [0, 0.1) is 0 Å². The SMILES string of the molecule is CCCCNC(=O)[C@@H](c1ccccc1)N(Cc1ccccc1)C(=O)Cc1ccc(Cl)cc1. The molecule has 0 saturated carbocycles. The van der Waals surface area contributed by atoms with Gasteiger partial charge in [-0.25, -0.2) is 0 Å². The highest BCUT2D eigenvalue weighted by Gasteiger charge is 2.31. The van der Waals surface area contributed by atoms with Crippen LogP contribution in [-0.2, 0) is 22.6 Å². The summed E-state index contributed by atoms with van der Waals surface area (Å²) in [6.45, 7) is 3.01. The molecule has 0 aliphatic heterocycles. The van der Waals surface area contributed by atoms with Gasteiger partial charge in [0.05, 0.1) is 6.42 Å². The van der Waals surface area contributed by atoms with Crippen LogP contribution in [0.15, 0.2) is 84.9 Å². The van der Waals surface area contributed by atoms with Gasteiger partial charge in [0.25, 0.3) is 0 Å². The molecule has 3 aromatic rings. The summed E-state index contributed by atoms with van der Waals surface area (Å²) < 4.78 is 0. The molecular weight excluding hydrogens is 420 g/mol. The number of hydrogen-bond donors (Lipinski definition) is 1. The van der Waals surface area contributed by atoms with E-state index in [1.54, 1.807) is 17.0 Å². The Balaban J connectivity index is 1.94. The van der Waals surface area contributed by atoms with Crippen molar-refractivity contribution in [3.63, 3.8) is 0 Å². The van der Waals surface area contributed by atoms with E-state index < -0.39 is 6.04 Å². The predicted molar refractivity (Wildman–Crippen MR) is 129 cm³/mol. The average molecular weight is 449 g/mol. The number of amides is 2. The van der Waals surface area contributed by atoms with Crippen molar-refractivity contribution in [3.05, 3.63) is 107 Å². The number of carbonyl (C=O) groups excluding carboxylic acids is 2. The van der Waals surface area contributed by atoms with Crippen molar-refractivity contribution in [3.8, 4) is 0 Å². The van der Waals surface area contributed by atoms with Crippen molar-refractivity contribution >= 4 is 23.4 Å². The quantitative estimate of drug-likeness (QED) is 0.412. The Kier molecular flexibility index (Phi) is 8.88. The highest BCUT2D eigenvalue weighted by Crippen LogP contribution is 2.25. The Bertz CT molecular complexity index is 991. The van der Waals surface area contributed by atoms with E-state index in [-0.39, 0.29) is 18.2 Å². The van der Waals surface area contributed by atoms with Crippen LogP contribution in [0.5, 0.6) is 0 Å². The maximum atomic E-state index is 13.6. The maximum Gasteiger partial charge on any atom is 0.247 e. The molecule has 166 valence electrons. The number of rotatable bonds is 10. The van der Waals surface area contributed by atoms with E-state index in [1.165, 1.54) is 0 Å². The zero-order chi connectivity index (χ0) is 22.8. The molecule has 5 heteroatoms. The van der Waals surface area contributed by atoms with Gasteiger partial charge in [0.1, 0.15) is 6.04 Å². The van der Waals surface area contributed by atoms with Crippen LogP contribution in [0.2, 0.25) is 5.02 Å². The van der Waals surface area contributed by atoms with E-state index in [1.807, 2.05) is 72.8 Å². The highest BCUT2D eigenvalue weighted by molar-refractivity contribution is 6.30. The Labute approximate surface area is 195 Å². The zero-order valence-corrected chi connectivity index (χ0v) is 19.1. The average Bonchev–Trinajstić information content (AvgIpc) is 2.81. The van der Waals surface area contributed by atoms with Gasteiger partial charge < -0.3 is 10.2 Å². The lowest BCUT2D eigenvalue weighted by molar-refractivity contribution is -0.141. The summed E-state index contributed by atoms with van der Waals surface area (Å²) >= 11 is 6.00. The second-order valence-electron chi connectivity index (χ2n) is 7.77. The van der Waals surface area contributed by atoms with Gasteiger partial charge in [0, 0.05) is 18.1 Å². The van der Waals surface area contributed by atoms with E-state index >= 15 is 0 Å². The van der Waals surface area contributed by atoms with E-state index in [0.717, 1.165) is 29.5 Å². The van der Waals surface area contributed by atoms with Gasteiger partial charge >= 0.3 is 0 Å². The van der Waals surface area contributed by atoms with E-state index in [9.17, 15) is 9.59 Å². The lowest BCUT2D eigenvalue weighted by Gasteiger charge is -2.32. The predicted octanol–water partition coefficient (Wildman–Crippen LogP) is 5.57. The van der Waals surface area contributed by atoms with E-state index in [2.05, 4.69) is 12.2 Å². The Morgan fingerprint density at radius 1 is 0.875 bits per heavy atom. The summed E-state index contributed by atoms with van der Waals surface area (Å²) in [5.74, 6) is -0.277. The van der Waals surface area contributed by atoms with Crippen molar-refractivity contribution in [2.24, 2.45) is 0 Å². The van der Waals surface area contributed by atoms with Crippen LogP contribution in [-0.4, -0.2) is 23.3 Å². The van der Waals surface area contributed by atoms with Crippen LogP contribution in [0.3, 0.4) is 0 Å². The second kappa shape index (κ2) is 12.1. The molecule has 0 fully saturated rings. The van der Waals surface area contributed by atoms with Crippen LogP contribution in [0.1, 0.15) is 42.5 Å². The van der Waals surface area contributed by atoms with Gasteiger partial charge in [-0.1, -0.05) is 97.7 Å². The van der Waals surface area contributed by atoms with Crippen molar-refractivity contribution in [2.45, 2.75) is 38.8 Å². The number of nitrogens with one attached hydrogen (secondary N) is 1. The van der Waals surface area contributed by atoms with Gasteiger partial charge in [-0.15, -0.1) is 0 Å². The summed E-state index contributed by atoms with van der Waals surface area (Å²) in [5, 5.41) is 3.65. The summed E-state index contributed by atoms with van der Waals surface area (Å²) in [6.07, 6.45) is 2.07. The molecule has 3 aromatic carbocycles. The van der Waals surface area contributed by atoms with Crippen LogP contribution in [0.4, 0.5) is 0 Å². The van der Waals surface area contributed by atoms with Crippen LogP contribution in [0.25, 0.3) is 0 Å². The molecule has 0 spiro atoms. The van der Waals surface area contributed by atoms with Crippen molar-refractivity contribution < 1.29 is 9.59 Å². The number of carbonyl (C=O) groups is 2. The maximum absolute atomic E-state index is 13.6. The molecule has 3 rings (SSSR count). The van der Waals surface area contributed by atoms with Gasteiger partial charge in [-0.3, -0.25) is 9.59 Å². The Hall–Kier alpha value is -3.11. The molecule has 0 radical (unpaired) electrons. The second-order valence-corrected chi connectivity index (χ2v) is 8.20. The van der Waals surface area contributed by atoms with Crippen LogP contribution >= 0.6 is 11.6 Å². The molecule has 1 N–H and O–H groups in total. The smallest absolute Gasteiger partial charge is 0.247 e. The first-order chi connectivity index (χ1) is 15.6. The normalized spacial score (nSPS) is 11.6. The number of nitrogens with zero attached hydrogens (tertiary/aromatic N) is 1. The highest BCUT2D eigenvalue weighted by atomic mass is 35.5. The number of halogens is 1.